The van der Waals surface area contributed by atoms with E-state index in [1.54, 1.807) is 0 Å². The number of hydrogen-bond acceptors (Lipinski definition) is 2. The smallest absolute Gasteiger partial charge is 0.320 e. The Labute approximate surface area is 97.8 Å². The molecule has 0 aromatic rings. The van der Waals surface area contributed by atoms with Crippen molar-refractivity contribution in [1.82, 2.24) is 4.90 Å². The Bertz CT molecular complexity index is 254. The molecule has 3 atom stereocenters. The van der Waals surface area contributed by atoms with Crippen LogP contribution >= 0.6 is 0 Å². The summed E-state index contributed by atoms with van der Waals surface area (Å²) in [6.07, 6.45) is 8.17. The van der Waals surface area contributed by atoms with Crippen molar-refractivity contribution in [3.8, 4) is 0 Å². The van der Waals surface area contributed by atoms with E-state index < -0.39 is 5.97 Å². The van der Waals surface area contributed by atoms with Crippen LogP contribution in [-0.2, 0) is 4.79 Å². The average molecular weight is 225 g/mol. The summed E-state index contributed by atoms with van der Waals surface area (Å²) >= 11 is 0. The fraction of sp³-hybridized carbons (Fsp3) is 0.923. The summed E-state index contributed by atoms with van der Waals surface area (Å²) in [7, 11) is 0. The van der Waals surface area contributed by atoms with Crippen molar-refractivity contribution in [3.05, 3.63) is 0 Å². The third-order valence-electron chi connectivity index (χ3n) is 4.28. The Morgan fingerprint density at radius 1 is 1.12 bits per heavy atom. The van der Waals surface area contributed by atoms with Crippen LogP contribution in [0.3, 0.4) is 0 Å². The molecule has 0 bridgehead atoms. The Kier molecular flexibility index (Phi) is 3.85. The quantitative estimate of drug-likeness (QED) is 0.734. The second kappa shape index (κ2) is 5.17. The molecule has 1 N–H and O–H groups in total. The predicted molar refractivity (Wildman–Crippen MR) is 63.4 cm³/mol. The molecule has 0 radical (unpaired) electrons. The molecule has 3 nitrogen and oxygen atoms in total. The van der Waals surface area contributed by atoms with Crippen LogP contribution in [0, 0.1) is 5.92 Å². The lowest BCUT2D eigenvalue weighted by molar-refractivity contribution is -0.143. The summed E-state index contributed by atoms with van der Waals surface area (Å²) in [4.78, 5) is 13.4. The van der Waals surface area contributed by atoms with Crippen molar-refractivity contribution in [2.45, 2.75) is 64.0 Å². The van der Waals surface area contributed by atoms with E-state index in [-0.39, 0.29) is 6.04 Å². The number of nitrogens with zero attached hydrogens (tertiary/aromatic N) is 1. The van der Waals surface area contributed by atoms with Gasteiger partial charge in [0.05, 0.1) is 0 Å². The molecular weight excluding hydrogens is 202 g/mol. The van der Waals surface area contributed by atoms with Crippen molar-refractivity contribution >= 4 is 5.97 Å². The molecule has 1 saturated carbocycles. The largest absolute Gasteiger partial charge is 0.480 e. The van der Waals surface area contributed by atoms with Gasteiger partial charge in [0.1, 0.15) is 6.04 Å². The SMILES string of the molecule is CC1CCCC(N2CCCC2C(=O)O)CC1. The summed E-state index contributed by atoms with van der Waals surface area (Å²) < 4.78 is 0. The Morgan fingerprint density at radius 3 is 2.69 bits per heavy atom. The van der Waals surface area contributed by atoms with E-state index in [0.717, 1.165) is 25.3 Å². The first-order valence-corrected chi connectivity index (χ1v) is 6.67. The van der Waals surface area contributed by atoms with Crippen LogP contribution in [0.1, 0.15) is 51.9 Å². The minimum atomic E-state index is -0.616. The number of likely N-dealkylation sites (tertiary alicyclic amines) is 1. The molecule has 16 heavy (non-hydrogen) atoms. The lowest BCUT2D eigenvalue weighted by Crippen LogP contribution is -2.43. The maximum Gasteiger partial charge on any atom is 0.320 e. The van der Waals surface area contributed by atoms with Gasteiger partial charge in [-0.3, -0.25) is 9.69 Å². The van der Waals surface area contributed by atoms with Crippen LogP contribution in [-0.4, -0.2) is 34.6 Å². The van der Waals surface area contributed by atoms with Gasteiger partial charge < -0.3 is 5.11 Å². The molecule has 0 spiro atoms. The van der Waals surface area contributed by atoms with E-state index in [1.165, 1.54) is 32.1 Å². The van der Waals surface area contributed by atoms with Crippen LogP contribution in [0.15, 0.2) is 0 Å². The van der Waals surface area contributed by atoms with Crippen molar-refractivity contribution in [2.75, 3.05) is 6.54 Å². The van der Waals surface area contributed by atoms with E-state index in [9.17, 15) is 9.90 Å². The molecule has 0 amide bonds. The number of carboxylic acid groups (broad SMARTS) is 1. The predicted octanol–water partition coefficient (Wildman–Crippen LogP) is 2.50. The number of carboxylic acids is 1. The third-order valence-corrected chi connectivity index (χ3v) is 4.28. The molecule has 2 fully saturated rings. The average Bonchev–Trinajstić information content (AvgIpc) is 2.63. The highest BCUT2D eigenvalue weighted by molar-refractivity contribution is 5.73. The molecule has 3 unspecified atom stereocenters. The number of carbonyl (C=O) groups is 1. The standard InChI is InChI=1S/C13H23NO2/c1-10-4-2-5-11(8-7-10)14-9-3-6-12(14)13(15)16/h10-12H,2-9H2,1H3,(H,15,16). The second-order valence-corrected chi connectivity index (χ2v) is 5.50. The summed E-state index contributed by atoms with van der Waals surface area (Å²) in [6.45, 7) is 3.32. The molecule has 0 aromatic heterocycles. The van der Waals surface area contributed by atoms with Crippen molar-refractivity contribution in [2.24, 2.45) is 5.92 Å². The highest BCUT2D eigenvalue weighted by Crippen LogP contribution is 2.30. The van der Waals surface area contributed by atoms with Gasteiger partial charge in [-0.15, -0.1) is 0 Å². The summed E-state index contributed by atoms with van der Waals surface area (Å²) in [5.41, 5.74) is 0. The Morgan fingerprint density at radius 2 is 1.94 bits per heavy atom. The minimum Gasteiger partial charge on any atom is -0.480 e. The van der Waals surface area contributed by atoms with Crippen molar-refractivity contribution in [1.29, 1.82) is 0 Å². The second-order valence-electron chi connectivity index (χ2n) is 5.50. The molecule has 1 aliphatic heterocycles. The zero-order valence-corrected chi connectivity index (χ0v) is 10.2. The van der Waals surface area contributed by atoms with E-state index in [1.807, 2.05) is 0 Å². The molecule has 1 aliphatic carbocycles. The molecule has 1 saturated heterocycles. The van der Waals surface area contributed by atoms with Crippen molar-refractivity contribution < 1.29 is 9.90 Å². The first-order chi connectivity index (χ1) is 7.68. The van der Waals surface area contributed by atoms with Crippen LogP contribution in [0.25, 0.3) is 0 Å². The monoisotopic (exact) mass is 225 g/mol. The van der Waals surface area contributed by atoms with Gasteiger partial charge in [0, 0.05) is 6.04 Å². The van der Waals surface area contributed by atoms with Gasteiger partial charge in [0.25, 0.3) is 0 Å². The topological polar surface area (TPSA) is 40.5 Å². The highest BCUT2D eigenvalue weighted by atomic mass is 16.4. The summed E-state index contributed by atoms with van der Waals surface area (Å²) in [5, 5.41) is 9.19. The molecule has 92 valence electrons. The van der Waals surface area contributed by atoms with Gasteiger partial charge in [0.2, 0.25) is 0 Å². The summed E-state index contributed by atoms with van der Waals surface area (Å²) in [5.74, 6) is 0.214. The van der Waals surface area contributed by atoms with E-state index in [0.29, 0.717) is 6.04 Å². The van der Waals surface area contributed by atoms with Gasteiger partial charge in [-0.1, -0.05) is 19.8 Å². The van der Waals surface area contributed by atoms with E-state index in [4.69, 9.17) is 0 Å². The van der Waals surface area contributed by atoms with Crippen LogP contribution in [0.2, 0.25) is 0 Å². The molecule has 2 rings (SSSR count). The van der Waals surface area contributed by atoms with Gasteiger partial charge in [0.15, 0.2) is 0 Å². The minimum absolute atomic E-state index is 0.196. The lowest BCUT2D eigenvalue weighted by Gasteiger charge is -2.30. The van der Waals surface area contributed by atoms with E-state index >= 15 is 0 Å². The Hall–Kier alpha value is -0.570. The van der Waals surface area contributed by atoms with Gasteiger partial charge in [-0.2, -0.15) is 0 Å². The molecule has 1 heterocycles. The lowest BCUT2D eigenvalue weighted by atomic mass is 10.0. The number of rotatable bonds is 2. The van der Waals surface area contributed by atoms with Crippen molar-refractivity contribution in [3.63, 3.8) is 0 Å². The molecule has 2 aliphatic rings. The first kappa shape index (κ1) is 11.9. The highest BCUT2D eigenvalue weighted by Gasteiger charge is 2.35. The molecular formula is C13H23NO2. The van der Waals surface area contributed by atoms with Crippen LogP contribution in [0.4, 0.5) is 0 Å². The first-order valence-electron chi connectivity index (χ1n) is 6.67. The number of hydrogen-bond donors (Lipinski definition) is 1. The fourth-order valence-corrected chi connectivity index (χ4v) is 3.29. The van der Waals surface area contributed by atoms with Crippen LogP contribution < -0.4 is 0 Å². The maximum absolute atomic E-state index is 11.2. The molecule has 0 aromatic carbocycles. The third kappa shape index (κ3) is 2.57. The summed E-state index contributed by atoms with van der Waals surface area (Å²) in [6, 6.07) is 0.340. The fourth-order valence-electron chi connectivity index (χ4n) is 3.29. The zero-order chi connectivity index (χ0) is 11.5. The zero-order valence-electron chi connectivity index (χ0n) is 10.2. The van der Waals surface area contributed by atoms with Crippen LogP contribution in [0.5, 0.6) is 0 Å². The maximum atomic E-state index is 11.2. The van der Waals surface area contributed by atoms with Gasteiger partial charge in [-0.25, -0.2) is 0 Å². The normalized spacial score (nSPS) is 37.2. The van der Waals surface area contributed by atoms with Gasteiger partial charge >= 0.3 is 5.97 Å². The Balaban J connectivity index is 1.97. The number of aliphatic carboxylic acids is 1. The van der Waals surface area contributed by atoms with Gasteiger partial charge in [-0.05, 0) is 44.6 Å². The van der Waals surface area contributed by atoms with E-state index in [2.05, 4.69) is 11.8 Å². The molecule has 3 heteroatoms.